The number of rotatable bonds is 8. The van der Waals surface area contributed by atoms with Crippen molar-refractivity contribution < 1.29 is 14.3 Å². The lowest BCUT2D eigenvalue weighted by Crippen LogP contribution is -2.08. The molecule has 1 aromatic heterocycles. The fraction of sp³-hybridized carbons (Fsp3) is 0.368. The van der Waals surface area contributed by atoms with Crippen molar-refractivity contribution in [3.05, 3.63) is 58.9 Å². The molecule has 5 heteroatoms. The SMILES string of the molecule is O=C(CCc1ccncc1)OCc1cc(Cl)ccc1OCC1CC1. The molecule has 1 fully saturated rings. The van der Waals surface area contributed by atoms with Crippen molar-refractivity contribution in [3.63, 3.8) is 0 Å². The van der Waals surface area contributed by atoms with Crippen molar-refractivity contribution in [2.75, 3.05) is 6.61 Å². The number of halogens is 1. The highest BCUT2D eigenvalue weighted by atomic mass is 35.5. The van der Waals surface area contributed by atoms with E-state index in [1.165, 1.54) is 12.8 Å². The second-order valence-corrected chi connectivity index (χ2v) is 6.46. The molecule has 1 aromatic carbocycles. The number of hydrogen-bond acceptors (Lipinski definition) is 4. The van der Waals surface area contributed by atoms with E-state index in [2.05, 4.69) is 4.98 Å². The molecule has 2 aromatic rings. The standard InChI is InChI=1S/C19H20ClNO3/c20-17-4-5-18(23-12-15-1-2-15)16(11-17)13-24-19(22)6-3-14-7-9-21-10-8-14/h4-5,7-11,15H,1-3,6,12-13H2. The normalized spacial score (nSPS) is 13.5. The molecule has 1 aliphatic rings. The molecule has 0 aliphatic heterocycles. The van der Waals surface area contributed by atoms with E-state index in [4.69, 9.17) is 21.1 Å². The predicted octanol–water partition coefficient (Wildman–Crippen LogP) is 4.20. The van der Waals surface area contributed by atoms with E-state index in [-0.39, 0.29) is 12.6 Å². The van der Waals surface area contributed by atoms with E-state index < -0.39 is 0 Å². The smallest absolute Gasteiger partial charge is 0.306 e. The largest absolute Gasteiger partial charge is 0.493 e. The number of nitrogens with zero attached hydrogens (tertiary/aromatic N) is 1. The van der Waals surface area contributed by atoms with Gasteiger partial charge in [-0.1, -0.05) is 11.6 Å². The van der Waals surface area contributed by atoms with Gasteiger partial charge in [-0.25, -0.2) is 0 Å². The van der Waals surface area contributed by atoms with Gasteiger partial charge in [-0.15, -0.1) is 0 Å². The van der Waals surface area contributed by atoms with Crippen molar-refractivity contribution in [1.82, 2.24) is 4.98 Å². The highest BCUT2D eigenvalue weighted by Gasteiger charge is 2.22. The van der Waals surface area contributed by atoms with E-state index in [0.29, 0.717) is 30.4 Å². The van der Waals surface area contributed by atoms with Crippen LogP contribution in [0.15, 0.2) is 42.7 Å². The highest BCUT2D eigenvalue weighted by Crippen LogP contribution is 2.31. The van der Waals surface area contributed by atoms with Crippen LogP contribution in [0.4, 0.5) is 0 Å². The van der Waals surface area contributed by atoms with Gasteiger partial charge in [-0.2, -0.15) is 0 Å². The van der Waals surface area contributed by atoms with Crippen LogP contribution in [0.25, 0.3) is 0 Å². The molecular weight excluding hydrogens is 326 g/mol. The molecule has 0 bridgehead atoms. The number of carbonyl (C=O) groups is 1. The lowest BCUT2D eigenvalue weighted by Gasteiger charge is -2.12. The summed E-state index contributed by atoms with van der Waals surface area (Å²) >= 11 is 6.05. The van der Waals surface area contributed by atoms with E-state index >= 15 is 0 Å². The Labute approximate surface area is 146 Å². The number of pyridine rings is 1. The fourth-order valence-electron chi connectivity index (χ4n) is 2.32. The van der Waals surface area contributed by atoms with Gasteiger partial charge in [0.15, 0.2) is 0 Å². The zero-order valence-corrected chi connectivity index (χ0v) is 14.2. The van der Waals surface area contributed by atoms with Crippen molar-refractivity contribution in [3.8, 4) is 5.75 Å². The molecule has 4 nitrogen and oxygen atoms in total. The Hall–Kier alpha value is -2.07. The van der Waals surface area contributed by atoms with Crippen molar-refractivity contribution in [2.45, 2.75) is 32.3 Å². The lowest BCUT2D eigenvalue weighted by molar-refractivity contribution is -0.144. The number of carbonyl (C=O) groups excluding carboxylic acids is 1. The van der Waals surface area contributed by atoms with Gasteiger partial charge in [0, 0.05) is 29.4 Å². The molecule has 1 aliphatic carbocycles. The summed E-state index contributed by atoms with van der Waals surface area (Å²) in [5.41, 5.74) is 1.87. The number of aromatic nitrogens is 1. The van der Waals surface area contributed by atoms with Crippen LogP contribution in [-0.4, -0.2) is 17.6 Å². The molecule has 0 N–H and O–H groups in total. The third kappa shape index (κ3) is 5.24. The Morgan fingerprint density at radius 2 is 2.00 bits per heavy atom. The average Bonchev–Trinajstić information content (AvgIpc) is 3.42. The molecule has 24 heavy (non-hydrogen) atoms. The van der Waals surface area contributed by atoms with E-state index in [9.17, 15) is 4.79 Å². The Bertz CT molecular complexity index is 686. The maximum atomic E-state index is 12.0. The van der Waals surface area contributed by atoms with Crippen LogP contribution in [0.2, 0.25) is 5.02 Å². The zero-order chi connectivity index (χ0) is 16.8. The summed E-state index contributed by atoms with van der Waals surface area (Å²) in [5, 5.41) is 0.608. The maximum Gasteiger partial charge on any atom is 0.306 e. The van der Waals surface area contributed by atoms with Crippen LogP contribution < -0.4 is 4.74 Å². The third-order valence-corrected chi connectivity index (χ3v) is 4.18. The third-order valence-electron chi connectivity index (χ3n) is 3.95. The van der Waals surface area contributed by atoms with E-state index in [0.717, 1.165) is 16.9 Å². The summed E-state index contributed by atoms with van der Waals surface area (Å²) < 4.78 is 11.2. The molecule has 0 amide bonds. The average molecular weight is 346 g/mol. The van der Waals surface area contributed by atoms with Crippen LogP contribution in [-0.2, 0) is 22.6 Å². The van der Waals surface area contributed by atoms with Gasteiger partial charge in [-0.05, 0) is 61.1 Å². The van der Waals surface area contributed by atoms with Crippen LogP contribution >= 0.6 is 11.6 Å². The number of benzene rings is 1. The Balaban J connectivity index is 1.51. The molecule has 1 saturated carbocycles. The quantitative estimate of drug-likeness (QED) is 0.673. The van der Waals surface area contributed by atoms with Crippen molar-refractivity contribution >= 4 is 17.6 Å². The highest BCUT2D eigenvalue weighted by molar-refractivity contribution is 6.30. The zero-order valence-electron chi connectivity index (χ0n) is 13.4. The van der Waals surface area contributed by atoms with Crippen LogP contribution in [0.3, 0.4) is 0 Å². The van der Waals surface area contributed by atoms with Gasteiger partial charge >= 0.3 is 5.97 Å². The first-order valence-corrected chi connectivity index (χ1v) is 8.54. The van der Waals surface area contributed by atoms with Gasteiger partial charge in [-0.3, -0.25) is 9.78 Å². The Morgan fingerprint density at radius 3 is 2.75 bits per heavy atom. The minimum absolute atomic E-state index is 0.176. The second kappa shape index (κ2) is 8.15. The van der Waals surface area contributed by atoms with Gasteiger partial charge in [0.05, 0.1) is 6.61 Å². The topological polar surface area (TPSA) is 48.4 Å². The number of aryl methyl sites for hydroxylation is 1. The maximum absolute atomic E-state index is 12.0. The monoisotopic (exact) mass is 345 g/mol. The van der Waals surface area contributed by atoms with E-state index in [1.807, 2.05) is 18.2 Å². The predicted molar refractivity (Wildman–Crippen MR) is 92.0 cm³/mol. The van der Waals surface area contributed by atoms with Gasteiger partial charge in [0.25, 0.3) is 0 Å². The molecule has 0 atom stereocenters. The van der Waals surface area contributed by atoms with Gasteiger partial charge in [0.2, 0.25) is 0 Å². The van der Waals surface area contributed by atoms with Crippen LogP contribution in [0.1, 0.15) is 30.4 Å². The summed E-state index contributed by atoms with van der Waals surface area (Å²) in [6.07, 6.45) is 6.87. The summed E-state index contributed by atoms with van der Waals surface area (Å²) in [5.74, 6) is 1.17. The lowest BCUT2D eigenvalue weighted by atomic mass is 10.1. The second-order valence-electron chi connectivity index (χ2n) is 6.02. The Kier molecular flexibility index (Phi) is 5.70. The molecule has 1 heterocycles. The molecule has 0 spiro atoms. The minimum atomic E-state index is -0.236. The molecule has 0 saturated heterocycles. The first-order valence-electron chi connectivity index (χ1n) is 8.16. The molecular formula is C19H20ClNO3. The summed E-state index contributed by atoms with van der Waals surface area (Å²) in [6, 6.07) is 9.21. The van der Waals surface area contributed by atoms with E-state index in [1.54, 1.807) is 24.5 Å². The molecule has 0 unspecified atom stereocenters. The number of esters is 1. The van der Waals surface area contributed by atoms with Crippen LogP contribution in [0, 0.1) is 5.92 Å². The van der Waals surface area contributed by atoms with Crippen molar-refractivity contribution in [1.29, 1.82) is 0 Å². The van der Waals surface area contributed by atoms with Crippen LogP contribution in [0.5, 0.6) is 5.75 Å². The summed E-state index contributed by atoms with van der Waals surface area (Å²) in [7, 11) is 0. The summed E-state index contributed by atoms with van der Waals surface area (Å²) in [6.45, 7) is 0.889. The number of hydrogen-bond donors (Lipinski definition) is 0. The Morgan fingerprint density at radius 1 is 1.21 bits per heavy atom. The first-order chi connectivity index (χ1) is 11.7. The minimum Gasteiger partial charge on any atom is -0.493 e. The molecule has 126 valence electrons. The van der Waals surface area contributed by atoms with Gasteiger partial charge in [0.1, 0.15) is 12.4 Å². The van der Waals surface area contributed by atoms with Crippen molar-refractivity contribution in [2.24, 2.45) is 5.92 Å². The molecule has 3 rings (SSSR count). The first kappa shape index (κ1) is 16.8. The van der Waals surface area contributed by atoms with Gasteiger partial charge < -0.3 is 9.47 Å². The fourth-order valence-corrected chi connectivity index (χ4v) is 2.51. The number of ether oxygens (including phenoxy) is 2. The molecule has 0 radical (unpaired) electrons. The summed E-state index contributed by atoms with van der Waals surface area (Å²) in [4.78, 5) is 15.9.